The molecule has 0 spiro atoms. The van der Waals surface area contributed by atoms with Crippen molar-refractivity contribution in [2.24, 2.45) is 5.92 Å². The van der Waals surface area contributed by atoms with E-state index in [1.54, 1.807) is 6.92 Å². The smallest absolute Gasteiger partial charge is 0.306 e. The lowest BCUT2D eigenvalue weighted by Gasteiger charge is -2.21. The third kappa shape index (κ3) is 5.54. The van der Waals surface area contributed by atoms with Gasteiger partial charge in [-0.05, 0) is 29.5 Å². The van der Waals surface area contributed by atoms with E-state index in [-0.39, 0.29) is 24.3 Å². The van der Waals surface area contributed by atoms with E-state index in [0.29, 0.717) is 18.4 Å². The van der Waals surface area contributed by atoms with Crippen LogP contribution in [0, 0.1) is 5.92 Å². The van der Waals surface area contributed by atoms with E-state index in [9.17, 15) is 19.5 Å². The second-order valence-electron chi connectivity index (χ2n) is 7.33. The number of nitrogens with one attached hydrogen (secondary N) is 2. The summed E-state index contributed by atoms with van der Waals surface area (Å²) in [6.07, 6.45) is 2.26. The van der Waals surface area contributed by atoms with Gasteiger partial charge in [-0.15, -0.1) is 0 Å². The fraction of sp³-hybridized carbons (Fsp3) is 0.261. The SMILES string of the molecule is C[C@H](C[C@@H](Cc1ccc(-c2ccccc2)cc1)NC(=O)C1=CNC(=O)C1)C(=O)O. The molecule has 2 aromatic rings. The van der Waals surface area contributed by atoms with Gasteiger partial charge in [0.25, 0.3) is 0 Å². The molecule has 150 valence electrons. The molecule has 0 bridgehead atoms. The van der Waals surface area contributed by atoms with E-state index < -0.39 is 11.9 Å². The quantitative estimate of drug-likeness (QED) is 0.644. The van der Waals surface area contributed by atoms with Crippen molar-refractivity contribution in [2.75, 3.05) is 0 Å². The number of benzene rings is 2. The highest BCUT2D eigenvalue weighted by Crippen LogP contribution is 2.21. The molecule has 2 aromatic carbocycles. The molecular weight excluding hydrogens is 368 g/mol. The molecule has 1 heterocycles. The van der Waals surface area contributed by atoms with Crippen LogP contribution in [0.25, 0.3) is 11.1 Å². The summed E-state index contributed by atoms with van der Waals surface area (Å²) in [6.45, 7) is 1.62. The highest BCUT2D eigenvalue weighted by molar-refractivity contribution is 6.01. The van der Waals surface area contributed by atoms with E-state index in [1.165, 1.54) is 6.20 Å². The van der Waals surface area contributed by atoms with Crippen molar-refractivity contribution < 1.29 is 19.5 Å². The number of hydrogen-bond donors (Lipinski definition) is 3. The number of carboxylic acids is 1. The second-order valence-corrected chi connectivity index (χ2v) is 7.33. The molecule has 29 heavy (non-hydrogen) atoms. The highest BCUT2D eigenvalue weighted by atomic mass is 16.4. The number of carboxylic acid groups (broad SMARTS) is 1. The Morgan fingerprint density at radius 3 is 2.31 bits per heavy atom. The fourth-order valence-corrected chi connectivity index (χ4v) is 3.34. The normalized spacial score (nSPS) is 15.2. The number of amides is 2. The molecule has 1 aliphatic rings. The molecular formula is C23H24N2O4. The van der Waals surface area contributed by atoms with Crippen LogP contribution in [0.3, 0.4) is 0 Å². The summed E-state index contributed by atoms with van der Waals surface area (Å²) >= 11 is 0. The fourth-order valence-electron chi connectivity index (χ4n) is 3.34. The summed E-state index contributed by atoms with van der Waals surface area (Å²) in [7, 11) is 0. The Bertz CT molecular complexity index is 920. The Labute approximate surface area is 169 Å². The average molecular weight is 392 g/mol. The van der Waals surface area contributed by atoms with Crippen LogP contribution in [-0.2, 0) is 20.8 Å². The predicted molar refractivity (Wildman–Crippen MR) is 110 cm³/mol. The maximum absolute atomic E-state index is 12.5. The van der Waals surface area contributed by atoms with E-state index in [2.05, 4.69) is 10.6 Å². The van der Waals surface area contributed by atoms with Gasteiger partial charge in [0.05, 0.1) is 12.3 Å². The van der Waals surface area contributed by atoms with Crippen LogP contribution in [0.1, 0.15) is 25.3 Å². The van der Waals surface area contributed by atoms with Crippen molar-refractivity contribution in [1.29, 1.82) is 0 Å². The van der Waals surface area contributed by atoms with Gasteiger partial charge in [-0.25, -0.2) is 0 Å². The van der Waals surface area contributed by atoms with Crippen molar-refractivity contribution in [3.05, 3.63) is 71.9 Å². The van der Waals surface area contributed by atoms with Crippen LogP contribution in [0.4, 0.5) is 0 Å². The van der Waals surface area contributed by atoms with Gasteiger partial charge in [0.1, 0.15) is 0 Å². The summed E-state index contributed by atoms with van der Waals surface area (Å²) < 4.78 is 0. The molecule has 2 atom stereocenters. The second kappa shape index (κ2) is 9.19. The number of carbonyl (C=O) groups excluding carboxylic acids is 2. The van der Waals surface area contributed by atoms with Gasteiger partial charge < -0.3 is 15.7 Å². The van der Waals surface area contributed by atoms with Crippen molar-refractivity contribution in [3.63, 3.8) is 0 Å². The third-order valence-corrected chi connectivity index (χ3v) is 4.99. The molecule has 3 N–H and O–H groups in total. The summed E-state index contributed by atoms with van der Waals surface area (Å²) in [4.78, 5) is 35.1. The lowest BCUT2D eigenvalue weighted by atomic mass is 9.94. The van der Waals surface area contributed by atoms with E-state index in [0.717, 1.165) is 16.7 Å². The van der Waals surface area contributed by atoms with Crippen LogP contribution in [0.15, 0.2) is 66.4 Å². The van der Waals surface area contributed by atoms with Crippen LogP contribution >= 0.6 is 0 Å². The van der Waals surface area contributed by atoms with Gasteiger partial charge in [0, 0.05) is 17.8 Å². The van der Waals surface area contributed by atoms with Crippen LogP contribution < -0.4 is 10.6 Å². The Morgan fingerprint density at radius 1 is 1.07 bits per heavy atom. The van der Waals surface area contributed by atoms with E-state index >= 15 is 0 Å². The van der Waals surface area contributed by atoms with Gasteiger partial charge in [-0.1, -0.05) is 61.5 Å². The summed E-state index contributed by atoms with van der Waals surface area (Å²) in [6, 6.07) is 17.7. The van der Waals surface area contributed by atoms with Gasteiger partial charge >= 0.3 is 5.97 Å². The van der Waals surface area contributed by atoms with Crippen LogP contribution in [-0.4, -0.2) is 28.9 Å². The molecule has 0 aliphatic carbocycles. The van der Waals surface area contributed by atoms with Crippen LogP contribution in [0.5, 0.6) is 0 Å². The Morgan fingerprint density at radius 2 is 1.72 bits per heavy atom. The Balaban J connectivity index is 1.71. The minimum Gasteiger partial charge on any atom is -0.481 e. The van der Waals surface area contributed by atoms with Crippen molar-refractivity contribution in [2.45, 2.75) is 32.2 Å². The molecule has 0 aromatic heterocycles. The maximum atomic E-state index is 12.5. The Hall–Kier alpha value is -3.41. The summed E-state index contributed by atoms with van der Waals surface area (Å²) in [5.74, 6) is -2.06. The van der Waals surface area contributed by atoms with E-state index in [4.69, 9.17) is 0 Å². The topological polar surface area (TPSA) is 95.5 Å². The molecule has 0 saturated heterocycles. The largest absolute Gasteiger partial charge is 0.481 e. The Kier molecular flexibility index (Phi) is 6.44. The molecule has 0 radical (unpaired) electrons. The lowest BCUT2D eigenvalue weighted by Crippen LogP contribution is -2.39. The first-order chi connectivity index (χ1) is 13.9. The molecule has 0 fully saturated rings. The van der Waals surface area contributed by atoms with Gasteiger partial charge in [0.2, 0.25) is 11.8 Å². The zero-order valence-electron chi connectivity index (χ0n) is 16.2. The van der Waals surface area contributed by atoms with Gasteiger partial charge in [0.15, 0.2) is 0 Å². The van der Waals surface area contributed by atoms with E-state index in [1.807, 2.05) is 54.6 Å². The number of hydrogen-bond acceptors (Lipinski definition) is 3. The van der Waals surface area contributed by atoms with Gasteiger partial charge in [-0.3, -0.25) is 14.4 Å². The molecule has 6 heteroatoms. The minimum atomic E-state index is -0.902. The maximum Gasteiger partial charge on any atom is 0.306 e. The number of aliphatic carboxylic acids is 1. The first-order valence-electron chi connectivity index (χ1n) is 9.59. The van der Waals surface area contributed by atoms with Crippen molar-refractivity contribution in [3.8, 4) is 11.1 Å². The zero-order chi connectivity index (χ0) is 20.8. The minimum absolute atomic E-state index is 0.0405. The molecule has 0 unspecified atom stereocenters. The zero-order valence-corrected chi connectivity index (χ0v) is 16.2. The molecule has 1 aliphatic heterocycles. The monoisotopic (exact) mass is 392 g/mol. The third-order valence-electron chi connectivity index (χ3n) is 4.99. The summed E-state index contributed by atoms with van der Waals surface area (Å²) in [5, 5.41) is 14.7. The lowest BCUT2D eigenvalue weighted by molar-refractivity contribution is -0.141. The molecule has 6 nitrogen and oxygen atoms in total. The summed E-state index contributed by atoms with van der Waals surface area (Å²) in [5.41, 5.74) is 3.58. The van der Waals surface area contributed by atoms with Crippen LogP contribution in [0.2, 0.25) is 0 Å². The van der Waals surface area contributed by atoms with Crippen molar-refractivity contribution in [1.82, 2.24) is 10.6 Å². The molecule has 3 rings (SSSR count). The standard InChI is InChI=1S/C23H24N2O4/c1-15(23(28)29)11-20(25-22(27)19-13-21(26)24-14-19)12-16-7-9-18(10-8-16)17-5-3-2-4-6-17/h2-10,14-15,20H,11-13H2,1H3,(H,24,26)(H,25,27)(H,28,29)/t15-,20+/m1/s1. The number of rotatable bonds is 8. The predicted octanol–water partition coefficient (Wildman–Crippen LogP) is 2.90. The van der Waals surface area contributed by atoms with Crippen molar-refractivity contribution >= 4 is 17.8 Å². The highest BCUT2D eigenvalue weighted by Gasteiger charge is 2.24. The average Bonchev–Trinajstić information content (AvgIpc) is 3.15. The number of carbonyl (C=O) groups is 3. The molecule has 0 saturated carbocycles. The van der Waals surface area contributed by atoms with Gasteiger partial charge in [-0.2, -0.15) is 0 Å². The first-order valence-corrected chi connectivity index (χ1v) is 9.59. The molecule has 2 amide bonds. The first kappa shape index (κ1) is 20.3.